The van der Waals surface area contributed by atoms with Crippen molar-refractivity contribution in [2.75, 3.05) is 0 Å². The van der Waals surface area contributed by atoms with Crippen LogP contribution in [0.1, 0.15) is 59.3 Å². The van der Waals surface area contributed by atoms with Gasteiger partial charge in [0, 0.05) is 6.42 Å². The Labute approximate surface area is 104 Å². The average molecular weight is 239 g/mol. The lowest BCUT2D eigenvalue weighted by Crippen LogP contribution is -2.43. The smallest absolute Gasteiger partial charge is 0.221 e. The molecule has 0 aliphatic heterocycles. The minimum Gasteiger partial charge on any atom is -0.346 e. The number of rotatable bonds is 4. The number of carbonyl (C=O) groups is 2. The third kappa shape index (κ3) is 5.33. The van der Waals surface area contributed by atoms with Crippen LogP contribution in [-0.2, 0) is 9.59 Å². The van der Waals surface area contributed by atoms with Gasteiger partial charge in [0.2, 0.25) is 5.91 Å². The number of nitrogens with one attached hydrogen (secondary N) is 1. The molecule has 17 heavy (non-hydrogen) atoms. The summed E-state index contributed by atoms with van der Waals surface area (Å²) in [7, 11) is 0. The van der Waals surface area contributed by atoms with Crippen molar-refractivity contribution in [3.63, 3.8) is 0 Å². The average Bonchev–Trinajstić information content (AvgIpc) is 2.24. The van der Waals surface area contributed by atoms with E-state index in [1.54, 1.807) is 0 Å². The van der Waals surface area contributed by atoms with Gasteiger partial charge in [-0.1, -0.05) is 40.0 Å². The third-order valence-electron chi connectivity index (χ3n) is 3.32. The Balaban J connectivity index is 2.45. The SMILES string of the molecule is CC(C)(C)CC(=O)N[C@H](C=O)C1CCCCC1. The van der Waals surface area contributed by atoms with Crippen LogP contribution in [-0.4, -0.2) is 18.2 Å². The fraction of sp³-hybridized carbons (Fsp3) is 0.857. The van der Waals surface area contributed by atoms with Gasteiger partial charge in [0.25, 0.3) is 0 Å². The van der Waals surface area contributed by atoms with Gasteiger partial charge in [-0.2, -0.15) is 0 Å². The quantitative estimate of drug-likeness (QED) is 0.767. The Hall–Kier alpha value is -0.860. The van der Waals surface area contributed by atoms with Gasteiger partial charge in [-0.3, -0.25) is 4.79 Å². The molecule has 1 rings (SSSR count). The predicted octanol–water partition coefficient (Wildman–Crippen LogP) is 2.69. The molecule has 1 saturated carbocycles. The normalized spacial score (nSPS) is 19.7. The van der Waals surface area contributed by atoms with E-state index in [0.29, 0.717) is 12.3 Å². The monoisotopic (exact) mass is 239 g/mol. The lowest BCUT2D eigenvalue weighted by molar-refractivity contribution is -0.126. The van der Waals surface area contributed by atoms with E-state index in [-0.39, 0.29) is 17.4 Å². The Morgan fingerprint density at radius 1 is 1.29 bits per heavy atom. The van der Waals surface area contributed by atoms with E-state index in [9.17, 15) is 9.59 Å². The summed E-state index contributed by atoms with van der Waals surface area (Å²) in [5.74, 6) is 0.352. The first kappa shape index (κ1) is 14.2. The maximum atomic E-state index is 11.8. The summed E-state index contributed by atoms with van der Waals surface area (Å²) in [4.78, 5) is 22.9. The first-order valence-corrected chi connectivity index (χ1v) is 6.67. The van der Waals surface area contributed by atoms with Crippen LogP contribution in [0.15, 0.2) is 0 Å². The largest absolute Gasteiger partial charge is 0.346 e. The maximum Gasteiger partial charge on any atom is 0.221 e. The Morgan fingerprint density at radius 2 is 1.88 bits per heavy atom. The van der Waals surface area contributed by atoms with Crippen molar-refractivity contribution < 1.29 is 9.59 Å². The molecule has 98 valence electrons. The lowest BCUT2D eigenvalue weighted by atomic mass is 9.84. The van der Waals surface area contributed by atoms with Gasteiger partial charge in [-0.25, -0.2) is 0 Å². The van der Waals surface area contributed by atoms with Gasteiger partial charge >= 0.3 is 0 Å². The zero-order chi connectivity index (χ0) is 12.9. The summed E-state index contributed by atoms with van der Waals surface area (Å²) in [6, 6.07) is -0.273. The lowest BCUT2D eigenvalue weighted by Gasteiger charge is -2.28. The van der Waals surface area contributed by atoms with E-state index < -0.39 is 0 Å². The third-order valence-corrected chi connectivity index (χ3v) is 3.32. The predicted molar refractivity (Wildman–Crippen MR) is 68.6 cm³/mol. The summed E-state index contributed by atoms with van der Waals surface area (Å²) in [6.07, 6.45) is 7.16. The molecule has 3 nitrogen and oxygen atoms in total. The molecule has 0 aromatic rings. The van der Waals surface area contributed by atoms with Crippen molar-refractivity contribution >= 4 is 12.2 Å². The summed E-state index contributed by atoms with van der Waals surface area (Å²) in [5, 5.41) is 2.89. The molecule has 1 aliphatic rings. The molecule has 0 bridgehead atoms. The number of aldehydes is 1. The number of hydrogen-bond donors (Lipinski definition) is 1. The molecule has 0 saturated heterocycles. The van der Waals surface area contributed by atoms with E-state index in [0.717, 1.165) is 19.1 Å². The Kier molecular flexibility index (Phi) is 5.16. The molecule has 0 radical (unpaired) electrons. The van der Waals surface area contributed by atoms with Crippen LogP contribution >= 0.6 is 0 Å². The standard InChI is InChI=1S/C14H25NO2/c1-14(2,3)9-13(17)15-12(10-16)11-7-5-4-6-8-11/h10-12H,4-9H2,1-3H3,(H,15,17)/t12-/m1/s1. The van der Waals surface area contributed by atoms with Crippen LogP contribution < -0.4 is 5.32 Å². The highest BCUT2D eigenvalue weighted by Gasteiger charge is 2.26. The van der Waals surface area contributed by atoms with E-state index in [4.69, 9.17) is 0 Å². The molecule has 0 unspecified atom stereocenters. The van der Waals surface area contributed by atoms with Crippen LogP contribution in [0.4, 0.5) is 0 Å². The second-order valence-corrected chi connectivity index (χ2v) is 6.36. The van der Waals surface area contributed by atoms with E-state index in [1.807, 2.05) is 20.8 Å². The van der Waals surface area contributed by atoms with Gasteiger partial charge in [-0.05, 0) is 24.2 Å². The highest BCUT2D eigenvalue weighted by Crippen LogP contribution is 2.26. The van der Waals surface area contributed by atoms with Crippen molar-refractivity contribution in [3.05, 3.63) is 0 Å². The van der Waals surface area contributed by atoms with Crippen LogP contribution in [0, 0.1) is 11.3 Å². The molecule has 1 aliphatic carbocycles. The van der Waals surface area contributed by atoms with E-state index in [1.165, 1.54) is 19.3 Å². The first-order valence-electron chi connectivity index (χ1n) is 6.67. The molecule has 1 atom stereocenters. The summed E-state index contributed by atoms with van der Waals surface area (Å²) in [5.41, 5.74) is -0.0237. The zero-order valence-electron chi connectivity index (χ0n) is 11.3. The van der Waals surface area contributed by atoms with Crippen molar-refractivity contribution in [3.8, 4) is 0 Å². The second-order valence-electron chi connectivity index (χ2n) is 6.36. The summed E-state index contributed by atoms with van der Waals surface area (Å²) < 4.78 is 0. The van der Waals surface area contributed by atoms with Crippen molar-refractivity contribution in [1.29, 1.82) is 0 Å². The molecule has 0 heterocycles. The van der Waals surface area contributed by atoms with Crippen LogP contribution in [0.3, 0.4) is 0 Å². The zero-order valence-corrected chi connectivity index (χ0v) is 11.3. The molecule has 1 fully saturated rings. The van der Waals surface area contributed by atoms with Gasteiger partial charge in [0.15, 0.2) is 0 Å². The molecule has 1 amide bonds. The fourth-order valence-corrected chi connectivity index (χ4v) is 2.47. The highest BCUT2D eigenvalue weighted by molar-refractivity contribution is 5.80. The van der Waals surface area contributed by atoms with Gasteiger partial charge in [-0.15, -0.1) is 0 Å². The molecule has 1 N–H and O–H groups in total. The fourth-order valence-electron chi connectivity index (χ4n) is 2.47. The Morgan fingerprint density at radius 3 is 2.35 bits per heavy atom. The number of amides is 1. The van der Waals surface area contributed by atoms with Crippen molar-refractivity contribution in [2.45, 2.75) is 65.3 Å². The summed E-state index contributed by atoms with van der Waals surface area (Å²) >= 11 is 0. The second kappa shape index (κ2) is 6.18. The van der Waals surface area contributed by atoms with E-state index >= 15 is 0 Å². The highest BCUT2D eigenvalue weighted by atomic mass is 16.2. The minimum atomic E-state index is -0.273. The molecular formula is C14H25NO2. The minimum absolute atomic E-state index is 0.000161. The van der Waals surface area contributed by atoms with Gasteiger partial charge in [0.1, 0.15) is 6.29 Å². The Bertz CT molecular complexity index is 262. The molecule has 0 aromatic heterocycles. The molecular weight excluding hydrogens is 214 g/mol. The van der Waals surface area contributed by atoms with Crippen molar-refractivity contribution in [2.24, 2.45) is 11.3 Å². The number of carbonyl (C=O) groups excluding carboxylic acids is 2. The van der Waals surface area contributed by atoms with E-state index in [2.05, 4.69) is 5.32 Å². The first-order chi connectivity index (χ1) is 7.92. The van der Waals surface area contributed by atoms with Crippen LogP contribution in [0.25, 0.3) is 0 Å². The number of hydrogen-bond acceptors (Lipinski definition) is 2. The molecule has 0 spiro atoms. The van der Waals surface area contributed by atoms with Crippen LogP contribution in [0.5, 0.6) is 0 Å². The van der Waals surface area contributed by atoms with Gasteiger partial charge < -0.3 is 10.1 Å². The topological polar surface area (TPSA) is 46.2 Å². The maximum absolute atomic E-state index is 11.8. The summed E-state index contributed by atoms with van der Waals surface area (Å²) in [6.45, 7) is 6.09. The van der Waals surface area contributed by atoms with Gasteiger partial charge in [0.05, 0.1) is 6.04 Å². The molecule has 3 heteroatoms. The molecule has 0 aromatic carbocycles. The van der Waals surface area contributed by atoms with Crippen molar-refractivity contribution in [1.82, 2.24) is 5.32 Å². The van der Waals surface area contributed by atoms with Crippen LogP contribution in [0.2, 0.25) is 0 Å².